The van der Waals surface area contributed by atoms with E-state index in [1.165, 1.54) is 12.1 Å². The number of aliphatic hydroxyl groups is 1. The molecule has 0 heterocycles. The van der Waals surface area contributed by atoms with Gasteiger partial charge in [-0.25, -0.2) is 8.42 Å². The third kappa shape index (κ3) is 5.47. The molecule has 6 heteroatoms. The quantitative estimate of drug-likeness (QED) is 0.766. The highest BCUT2D eigenvalue weighted by atomic mass is 32.2. The first-order valence-electron chi connectivity index (χ1n) is 7.76. The molecule has 2 N–H and O–H groups in total. The van der Waals surface area contributed by atoms with Crippen molar-refractivity contribution in [2.75, 3.05) is 12.3 Å². The van der Waals surface area contributed by atoms with Crippen molar-refractivity contribution in [3.05, 3.63) is 66.2 Å². The minimum atomic E-state index is -3.45. The molecule has 24 heavy (non-hydrogen) atoms. The van der Waals surface area contributed by atoms with E-state index < -0.39 is 15.9 Å². The van der Waals surface area contributed by atoms with Gasteiger partial charge in [-0.2, -0.15) is 0 Å². The van der Waals surface area contributed by atoms with Crippen LogP contribution in [0.25, 0.3) is 0 Å². The van der Waals surface area contributed by atoms with Crippen LogP contribution in [-0.4, -0.2) is 31.7 Å². The van der Waals surface area contributed by atoms with E-state index in [0.717, 1.165) is 5.56 Å². The van der Waals surface area contributed by atoms with Crippen LogP contribution >= 0.6 is 0 Å². The summed E-state index contributed by atoms with van der Waals surface area (Å²) in [6, 6.07) is 17.3. The van der Waals surface area contributed by atoms with Crippen molar-refractivity contribution in [1.29, 1.82) is 0 Å². The van der Waals surface area contributed by atoms with E-state index in [4.69, 9.17) is 0 Å². The van der Waals surface area contributed by atoms with Crippen LogP contribution in [0.2, 0.25) is 0 Å². The fraction of sp³-hybridized carbons (Fsp3) is 0.278. The average molecular weight is 347 g/mol. The van der Waals surface area contributed by atoms with Gasteiger partial charge in [0.25, 0.3) is 0 Å². The van der Waals surface area contributed by atoms with Crippen molar-refractivity contribution in [3.8, 4) is 0 Å². The maximum Gasteiger partial charge on any atom is 0.221 e. The molecule has 128 valence electrons. The normalized spacial score (nSPS) is 12.5. The maximum absolute atomic E-state index is 12.1. The Labute approximate surface area is 142 Å². The van der Waals surface area contributed by atoms with Gasteiger partial charge in [0.05, 0.1) is 16.8 Å². The van der Waals surface area contributed by atoms with Crippen LogP contribution in [-0.2, 0) is 14.6 Å². The van der Waals surface area contributed by atoms with Crippen molar-refractivity contribution in [3.63, 3.8) is 0 Å². The summed E-state index contributed by atoms with van der Waals surface area (Å²) in [6.07, 6.45) is -0.376. The lowest BCUT2D eigenvalue weighted by atomic mass is 10.1. The monoisotopic (exact) mass is 347 g/mol. The smallest absolute Gasteiger partial charge is 0.221 e. The second-order valence-electron chi connectivity index (χ2n) is 5.45. The summed E-state index contributed by atoms with van der Waals surface area (Å²) < 4.78 is 24.2. The van der Waals surface area contributed by atoms with E-state index in [2.05, 4.69) is 5.32 Å². The lowest BCUT2D eigenvalue weighted by molar-refractivity contribution is -0.120. The molecule has 5 nitrogen and oxygen atoms in total. The van der Waals surface area contributed by atoms with Crippen molar-refractivity contribution in [1.82, 2.24) is 5.32 Å². The van der Waals surface area contributed by atoms with E-state index in [9.17, 15) is 18.3 Å². The predicted molar refractivity (Wildman–Crippen MR) is 92.1 cm³/mol. The Hall–Kier alpha value is -2.18. The van der Waals surface area contributed by atoms with Gasteiger partial charge in [-0.05, 0) is 24.1 Å². The molecule has 1 atom stereocenters. The summed E-state index contributed by atoms with van der Waals surface area (Å²) in [5, 5.41) is 12.6. The molecular formula is C18H21NO4S. The average Bonchev–Trinajstić information content (AvgIpc) is 2.61. The fourth-order valence-electron chi connectivity index (χ4n) is 2.25. The van der Waals surface area contributed by atoms with Gasteiger partial charge in [0.2, 0.25) is 5.91 Å². The SMILES string of the molecule is O=C(CCS(=O)(=O)c1ccccc1)NCC[C@H](O)c1ccccc1. The minimum absolute atomic E-state index is 0.0986. The third-order valence-corrected chi connectivity index (χ3v) is 5.36. The molecule has 0 fully saturated rings. The molecule has 2 aromatic rings. The maximum atomic E-state index is 12.1. The first-order chi connectivity index (χ1) is 11.5. The Morgan fingerprint density at radius 2 is 1.58 bits per heavy atom. The number of hydrogen-bond acceptors (Lipinski definition) is 4. The van der Waals surface area contributed by atoms with Gasteiger partial charge in [0, 0.05) is 13.0 Å². The molecule has 0 bridgehead atoms. The van der Waals surface area contributed by atoms with Crippen LogP contribution < -0.4 is 5.32 Å². The summed E-state index contributed by atoms with van der Waals surface area (Å²) in [5.74, 6) is -0.570. The molecule has 0 aromatic heterocycles. The lowest BCUT2D eigenvalue weighted by Crippen LogP contribution is -2.27. The second kappa shape index (κ2) is 8.61. The highest BCUT2D eigenvalue weighted by Crippen LogP contribution is 2.15. The van der Waals surface area contributed by atoms with Crippen LogP contribution in [0.3, 0.4) is 0 Å². The number of nitrogens with one attached hydrogen (secondary N) is 1. The Kier molecular flexibility index (Phi) is 6.52. The Balaban J connectivity index is 1.74. The fourth-order valence-corrected chi connectivity index (χ4v) is 3.51. The molecule has 1 amide bonds. The molecule has 2 rings (SSSR count). The zero-order valence-corrected chi connectivity index (χ0v) is 14.1. The number of hydrogen-bond donors (Lipinski definition) is 2. The Morgan fingerprint density at radius 3 is 2.21 bits per heavy atom. The number of aliphatic hydroxyl groups excluding tert-OH is 1. The highest BCUT2D eigenvalue weighted by molar-refractivity contribution is 7.91. The minimum Gasteiger partial charge on any atom is -0.388 e. The van der Waals surface area contributed by atoms with Gasteiger partial charge >= 0.3 is 0 Å². The largest absolute Gasteiger partial charge is 0.388 e. The van der Waals surface area contributed by atoms with Crippen LogP contribution in [0.5, 0.6) is 0 Å². The molecular weight excluding hydrogens is 326 g/mol. The molecule has 0 aliphatic heterocycles. The number of benzene rings is 2. The van der Waals surface area contributed by atoms with E-state index in [1.54, 1.807) is 18.2 Å². The first-order valence-corrected chi connectivity index (χ1v) is 9.42. The summed E-state index contributed by atoms with van der Waals surface area (Å²) in [4.78, 5) is 12.0. The van der Waals surface area contributed by atoms with E-state index >= 15 is 0 Å². The van der Waals surface area contributed by atoms with Crippen molar-refractivity contribution < 1.29 is 18.3 Å². The van der Waals surface area contributed by atoms with Gasteiger partial charge < -0.3 is 10.4 Å². The Bertz CT molecular complexity index is 745. The van der Waals surface area contributed by atoms with E-state index in [0.29, 0.717) is 13.0 Å². The lowest BCUT2D eigenvalue weighted by Gasteiger charge is -2.11. The summed E-state index contributed by atoms with van der Waals surface area (Å²) in [6.45, 7) is 0.292. The van der Waals surface area contributed by atoms with Gasteiger partial charge in [-0.3, -0.25) is 4.79 Å². The van der Waals surface area contributed by atoms with Gasteiger partial charge in [0.15, 0.2) is 9.84 Å². The zero-order chi connectivity index (χ0) is 17.4. The predicted octanol–water partition coefficient (Wildman–Crippen LogP) is 2.09. The second-order valence-corrected chi connectivity index (χ2v) is 7.56. The standard InChI is InChI=1S/C18H21NO4S/c20-17(15-7-3-1-4-8-15)11-13-19-18(21)12-14-24(22,23)16-9-5-2-6-10-16/h1-10,17,20H,11-14H2,(H,19,21)/t17-/m0/s1. The van der Waals surface area contributed by atoms with E-state index in [-0.39, 0.29) is 23.0 Å². The molecule has 0 saturated heterocycles. The van der Waals surface area contributed by atoms with E-state index in [1.807, 2.05) is 30.3 Å². The van der Waals surface area contributed by atoms with Crippen LogP contribution in [0.15, 0.2) is 65.6 Å². The molecule has 0 spiro atoms. The van der Waals surface area contributed by atoms with Crippen molar-refractivity contribution in [2.24, 2.45) is 0 Å². The number of sulfone groups is 1. The number of carbonyl (C=O) groups is 1. The topological polar surface area (TPSA) is 83.5 Å². The molecule has 0 saturated carbocycles. The van der Waals surface area contributed by atoms with Gasteiger partial charge in [0.1, 0.15) is 0 Å². The summed E-state index contributed by atoms with van der Waals surface area (Å²) >= 11 is 0. The third-order valence-electron chi connectivity index (χ3n) is 3.62. The number of amides is 1. The first kappa shape index (κ1) is 18.2. The molecule has 0 unspecified atom stereocenters. The molecule has 2 aromatic carbocycles. The number of carbonyl (C=O) groups excluding carboxylic acids is 1. The molecule has 0 aliphatic carbocycles. The van der Waals surface area contributed by atoms with Crippen LogP contribution in [0.1, 0.15) is 24.5 Å². The van der Waals surface area contributed by atoms with Gasteiger partial charge in [-0.1, -0.05) is 48.5 Å². The summed E-state index contributed by atoms with van der Waals surface area (Å²) in [7, 11) is -3.45. The molecule has 0 radical (unpaired) electrons. The summed E-state index contributed by atoms with van der Waals surface area (Å²) in [5.41, 5.74) is 0.790. The van der Waals surface area contributed by atoms with Crippen LogP contribution in [0.4, 0.5) is 0 Å². The number of rotatable bonds is 8. The zero-order valence-electron chi connectivity index (χ0n) is 13.3. The van der Waals surface area contributed by atoms with Crippen molar-refractivity contribution in [2.45, 2.75) is 23.8 Å². The highest BCUT2D eigenvalue weighted by Gasteiger charge is 2.16. The van der Waals surface area contributed by atoms with Crippen LogP contribution in [0, 0.1) is 0 Å². The Morgan fingerprint density at radius 1 is 1.00 bits per heavy atom. The van der Waals surface area contributed by atoms with Crippen molar-refractivity contribution >= 4 is 15.7 Å². The van der Waals surface area contributed by atoms with Gasteiger partial charge in [-0.15, -0.1) is 0 Å². The molecule has 0 aliphatic rings.